The highest BCUT2D eigenvalue weighted by molar-refractivity contribution is 6.32. The van der Waals surface area contributed by atoms with Gasteiger partial charge in [-0.05, 0) is 48.1 Å². The lowest BCUT2D eigenvalue weighted by Crippen LogP contribution is -2.56. The number of rotatable bonds is 4. The molecule has 2 fully saturated rings. The number of piperidine rings is 2. The number of amides is 2. The number of hydrogen-bond acceptors (Lipinski definition) is 3. The van der Waals surface area contributed by atoms with E-state index < -0.39 is 0 Å². The van der Waals surface area contributed by atoms with Crippen LogP contribution in [-0.4, -0.2) is 45.7 Å². The lowest BCUT2D eigenvalue weighted by atomic mass is 9.83. The molecule has 0 spiro atoms. The second-order valence-corrected chi connectivity index (χ2v) is 8.08. The fraction of sp³-hybridized carbons (Fsp3) is 0.348. The number of carbonyl (C=O) groups excluding carboxylic acids is 2. The Balaban J connectivity index is 1.41. The molecule has 2 atom stereocenters. The summed E-state index contributed by atoms with van der Waals surface area (Å²) in [5.74, 6) is 0.517. The summed E-state index contributed by atoms with van der Waals surface area (Å²) in [5.41, 5.74) is 1.88. The van der Waals surface area contributed by atoms with Crippen LogP contribution in [0.4, 0.5) is 0 Å². The highest BCUT2D eigenvalue weighted by atomic mass is 35.5. The third kappa shape index (κ3) is 4.51. The van der Waals surface area contributed by atoms with E-state index in [1.54, 1.807) is 18.3 Å². The van der Waals surface area contributed by atoms with Gasteiger partial charge in [0.05, 0.1) is 0 Å². The van der Waals surface area contributed by atoms with Crippen LogP contribution < -0.4 is 0 Å². The molecule has 5 nitrogen and oxygen atoms in total. The summed E-state index contributed by atoms with van der Waals surface area (Å²) in [7, 11) is 0. The van der Waals surface area contributed by atoms with Crippen LogP contribution in [0.25, 0.3) is 6.08 Å². The molecule has 29 heavy (non-hydrogen) atoms. The van der Waals surface area contributed by atoms with Crippen LogP contribution in [0.15, 0.2) is 54.9 Å². The second kappa shape index (κ2) is 8.78. The fourth-order valence-electron chi connectivity index (χ4n) is 4.32. The smallest absolute Gasteiger partial charge is 0.246 e. The molecule has 1 aromatic carbocycles. The minimum atomic E-state index is -0.000853. The van der Waals surface area contributed by atoms with Crippen molar-refractivity contribution in [1.82, 2.24) is 14.8 Å². The van der Waals surface area contributed by atoms with Gasteiger partial charge in [-0.1, -0.05) is 35.9 Å². The van der Waals surface area contributed by atoms with Crippen molar-refractivity contribution >= 4 is 29.5 Å². The molecular weight excluding hydrogens is 386 g/mol. The summed E-state index contributed by atoms with van der Waals surface area (Å²) in [6.07, 6.45) is 9.12. The summed E-state index contributed by atoms with van der Waals surface area (Å²) in [6.45, 7) is 1.94. The lowest BCUT2D eigenvalue weighted by molar-refractivity contribution is -0.143. The van der Waals surface area contributed by atoms with Crippen LogP contribution >= 0.6 is 11.6 Å². The minimum absolute atomic E-state index is 0.000853. The Morgan fingerprint density at radius 3 is 2.86 bits per heavy atom. The molecule has 2 aliphatic rings. The summed E-state index contributed by atoms with van der Waals surface area (Å²) >= 11 is 6.16. The van der Waals surface area contributed by atoms with Crippen molar-refractivity contribution in [3.05, 3.63) is 71.0 Å². The normalized spacial score (nSPS) is 22.0. The van der Waals surface area contributed by atoms with E-state index in [9.17, 15) is 9.59 Å². The molecule has 4 rings (SSSR count). The molecule has 6 heteroatoms. The zero-order chi connectivity index (χ0) is 20.2. The summed E-state index contributed by atoms with van der Waals surface area (Å²) < 4.78 is 0. The molecule has 0 radical (unpaired) electrons. The van der Waals surface area contributed by atoms with Gasteiger partial charge in [0, 0.05) is 55.6 Å². The topological polar surface area (TPSA) is 53.5 Å². The Morgan fingerprint density at radius 2 is 2.07 bits per heavy atom. The molecule has 0 bridgehead atoms. The average Bonchev–Trinajstić information content (AvgIpc) is 2.75. The van der Waals surface area contributed by atoms with E-state index in [1.807, 2.05) is 52.4 Å². The quantitative estimate of drug-likeness (QED) is 0.722. The van der Waals surface area contributed by atoms with Crippen molar-refractivity contribution in [1.29, 1.82) is 0 Å². The molecule has 0 N–H and O–H groups in total. The zero-order valence-electron chi connectivity index (χ0n) is 16.2. The zero-order valence-corrected chi connectivity index (χ0v) is 17.0. The minimum Gasteiger partial charge on any atom is -0.339 e. The van der Waals surface area contributed by atoms with Gasteiger partial charge in [-0.3, -0.25) is 14.6 Å². The number of carbonyl (C=O) groups is 2. The maximum absolute atomic E-state index is 12.7. The van der Waals surface area contributed by atoms with Gasteiger partial charge in [-0.15, -0.1) is 0 Å². The first-order chi connectivity index (χ1) is 14.1. The van der Waals surface area contributed by atoms with E-state index in [0.717, 1.165) is 24.0 Å². The largest absolute Gasteiger partial charge is 0.339 e. The first-order valence-electron chi connectivity index (χ1n) is 10.0. The molecule has 2 saturated heterocycles. The number of likely N-dealkylation sites (tertiary alicyclic amines) is 2. The molecule has 3 heterocycles. The standard InChI is InChI=1S/C23H24ClN3O2/c24-20-6-2-1-5-18(20)7-9-22(28)26-13-11-21-19(16-26)8-10-23(29)27(21)15-17-4-3-12-25-14-17/h1-7,9,12,14,19,21H,8,10-11,13,15-16H2/b9-7+/t19-,21+/m1/s1. The highest BCUT2D eigenvalue weighted by Gasteiger charge is 2.39. The van der Waals surface area contributed by atoms with E-state index in [0.29, 0.717) is 37.0 Å². The van der Waals surface area contributed by atoms with Gasteiger partial charge in [0.2, 0.25) is 11.8 Å². The van der Waals surface area contributed by atoms with Crippen LogP contribution in [0.2, 0.25) is 5.02 Å². The van der Waals surface area contributed by atoms with E-state index in [4.69, 9.17) is 11.6 Å². The van der Waals surface area contributed by atoms with E-state index in [-0.39, 0.29) is 17.9 Å². The number of aromatic nitrogens is 1. The van der Waals surface area contributed by atoms with E-state index in [2.05, 4.69) is 4.98 Å². The summed E-state index contributed by atoms with van der Waals surface area (Å²) in [4.78, 5) is 33.3. The lowest BCUT2D eigenvalue weighted by Gasteiger charge is -2.47. The Labute approximate surface area is 176 Å². The Kier molecular flexibility index (Phi) is 5.95. The van der Waals surface area contributed by atoms with Crippen molar-refractivity contribution in [3.8, 4) is 0 Å². The Morgan fingerprint density at radius 1 is 1.21 bits per heavy atom. The average molecular weight is 410 g/mol. The maximum atomic E-state index is 12.7. The molecule has 2 aliphatic heterocycles. The molecular formula is C23H24ClN3O2. The molecule has 0 aliphatic carbocycles. The van der Waals surface area contributed by atoms with Crippen LogP contribution in [0.5, 0.6) is 0 Å². The molecule has 0 saturated carbocycles. The molecule has 1 aromatic heterocycles. The van der Waals surface area contributed by atoms with Gasteiger partial charge in [0.1, 0.15) is 0 Å². The molecule has 2 aromatic rings. The van der Waals surface area contributed by atoms with E-state index >= 15 is 0 Å². The maximum Gasteiger partial charge on any atom is 0.246 e. The fourth-order valence-corrected chi connectivity index (χ4v) is 4.52. The van der Waals surface area contributed by atoms with Gasteiger partial charge in [0.25, 0.3) is 0 Å². The van der Waals surface area contributed by atoms with Gasteiger partial charge < -0.3 is 9.80 Å². The third-order valence-electron chi connectivity index (χ3n) is 5.84. The summed E-state index contributed by atoms with van der Waals surface area (Å²) in [5, 5.41) is 0.632. The predicted octanol–water partition coefficient (Wildman–Crippen LogP) is 3.79. The highest BCUT2D eigenvalue weighted by Crippen LogP contribution is 2.32. The summed E-state index contributed by atoms with van der Waals surface area (Å²) in [6, 6.07) is 11.6. The van der Waals surface area contributed by atoms with Crippen molar-refractivity contribution in [2.24, 2.45) is 5.92 Å². The number of nitrogens with zero attached hydrogens (tertiary/aromatic N) is 3. The van der Waals surface area contributed by atoms with E-state index in [1.165, 1.54) is 0 Å². The second-order valence-electron chi connectivity index (χ2n) is 7.68. The van der Waals surface area contributed by atoms with Crippen LogP contribution in [0.3, 0.4) is 0 Å². The van der Waals surface area contributed by atoms with Crippen molar-refractivity contribution < 1.29 is 9.59 Å². The van der Waals surface area contributed by atoms with Crippen molar-refractivity contribution in [2.75, 3.05) is 13.1 Å². The SMILES string of the molecule is O=C(/C=C/c1ccccc1Cl)N1CC[C@H]2[C@H](CCC(=O)N2Cc2cccnc2)C1. The molecule has 0 unspecified atom stereocenters. The van der Waals surface area contributed by atoms with Crippen molar-refractivity contribution in [3.63, 3.8) is 0 Å². The van der Waals surface area contributed by atoms with Crippen LogP contribution in [0, 0.1) is 5.92 Å². The van der Waals surface area contributed by atoms with Crippen LogP contribution in [-0.2, 0) is 16.1 Å². The van der Waals surface area contributed by atoms with Gasteiger partial charge in [-0.2, -0.15) is 0 Å². The molecule has 2 amide bonds. The van der Waals surface area contributed by atoms with Gasteiger partial charge in [-0.25, -0.2) is 0 Å². The molecule has 150 valence electrons. The number of halogens is 1. The first kappa shape index (κ1) is 19.6. The first-order valence-corrected chi connectivity index (χ1v) is 10.4. The third-order valence-corrected chi connectivity index (χ3v) is 6.19. The van der Waals surface area contributed by atoms with Crippen LogP contribution in [0.1, 0.15) is 30.4 Å². The van der Waals surface area contributed by atoms with Crippen molar-refractivity contribution in [2.45, 2.75) is 31.8 Å². The number of pyridine rings is 1. The number of fused-ring (bicyclic) bond motifs is 1. The number of hydrogen-bond donors (Lipinski definition) is 0. The van der Waals surface area contributed by atoms with Gasteiger partial charge in [0.15, 0.2) is 0 Å². The Bertz CT molecular complexity index is 915. The predicted molar refractivity (Wildman–Crippen MR) is 113 cm³/mol. The van der Waals surface area contributed by atoms with Gasteiger partial charge >= 0.3 is 0 Å². The number of benzene rings is 1. The Hall–Kier alpha value is -2.66. The monoisotopic (exact) mass is 409 g/mol.